The van der Waals surface area contributed by atoms with Gasteiger partial charge in [-0.1, -0.05) is 236 Å². The van der Waals surface area contributed by atoms with Crippen LogP contribution < -0.4 is 0 Å². The number of phenols is 2. The number of phenolic OH excluding ortho intramolecular Hbond substituents is 2. The molecule has 0 aliphatic heterocycles. The van der Waals surface area contributed by atoms with Crippen molar-refractivity contribution in [2.24, 2.45) is 9.98 Å². The number of aromatic hydroxyl groups is 2. The molecule has 352 valence electrons. The summed E-state index contributed by atoms with van der Waals surface area (Å²) in [7, 11) is 0. The molecule has 8 aromatic carbocycles. The molecule has 8 aromatic rings. The van der Waals surface area contributed by atoms with Crippen molar-refractivity contribution in [3.63, 3.8) is 0 Å². The Morgan fingerprint density at radius 3 is 0.829 bits per heavy atom. The maximum atomic E-state index is 12.9. The van der Waals surface area contributed by atoms with Gasteiger partial charge in [0.2, 0.25) is 0 Å². The van der Waals surface area contributed by atoms with Crippen molar-refractivity contribution < 1.29 is 10.2 Å². The van der Waals surface area contributed by atoms with Gasteiger partial charge in [0.15, 0.2) is 0 Å². The molecule has 1 fully saturated rings. The predicted molar refractivity (Wildman–Crippen MR) is 291 cm³/mol. The van der Waals surface area contributed by atoms with Gasteiger partial charge in [0.25, 0.3) is 0 Å². The first-order chi connectivity index (χ1) is 33.8. The second kappa shape index (κ2) is 20.0. The van der Waals surface area contributed by atoms with Gasteiger partial charge in [-0.2, -0.15) is 0 Å². The number of rotatable bonds is 12. The Balaban J connectivity index is 1.17. The lowest BCUT2D eigenvalue weighted by molar-refractivity contribution is 0.390. The summed E-state index contributed by atoms with van der Waals surface area (Å²) >= 11 is 0. The molecule has 0 radical (unpaired) electrons. The third-order valence-corrected chi connectivity index (χ3v) is 14.6. The molecule has 0 spiro atoms. The van der Waals surface area contributed by atoms with Crippen LogP contribution in [0.2, 0.25) is 0 Å². The standard InChI is InChI=1S/C66H66N2O2/c1-63(2,3)55-41-47(61(69)57(43-55)65(49-27-13-7-14-28-49,50-29-15-8-16-30-50)51-31-17-9-18-32-51)45-67-59-39-25-26-40-60(59)68-46-48-42-56(64(4,5)6)44-58(62(48)70)66(52-33-19-10-20-34-52,53-35-21-11-22-36-53)54-37-23-12-24-38-54/h7-24,27-38,41-46,59-60,69-70H,25-26,39-40H2,1-6H3/b67-45+,68-46+/t59-,60-/m1/s1. The number of nitrogens with zero attached hydrogens (tertiary/aromatic N) is 2. The van der Waals surface area contributed by atoms with Gasteiger partial charge in [-0.05, 0) is 92.4 Å². The summed E-state index contributed by atoms with van der Waals surface area (Å²) in [6.45, 7) is 13.4. The van der Waals surface area contributed by atoms with E-state index in [0.717, 1.165) is 81.3 Å². The molecule has 4 heteroatoms. The molecule has 0 aromatic heterocycles. The molecule has 0 bridgehead atoms. The van der Waals surface area contributed by atoms with Crippen LogP contribution in [-0.2, 0) is 21.7 Å². The fourth-order valence-electron chi connectivity index (χ4n) is 10.8. The average molecular weight is 919 g/mol. The second-order valence-corrected chi connectivity index (χ2v) is 21.1. The molecule has 9 rings (SSSR count). The quantitative estimate of drug-likeness (QED) is 0.0947. The van der Waals surface area contributed by atoms with Crippen LogP contribution in [0, 0.1) is 0 Å². The van der Waals surface area contributed by atoms with E-state index in [9.17, 15) is 10.2 Å². The van der Waals surface area contributed by atoms with Gasteiger partial charge in [-0.25, -0.2) is 0 Å². The first kappa shape index (κ1) is 47.8. The van der Waals surface area contributed by atoms with Crippen LogP contribution in [0.5, 0.6) is 11.5 Å². The second-order valence-electron chi connectivity index (χ2n) is 21.1. The maximum absolute atomic E-state index is 12.9. The topological polar surface area (TPSA) is 65.2 Å². The summed E-state index contributed by atoms with van der Waals surface area (Å²) in [5.74, 6) is 0.415. The molecule has 1 aliphatic rings. The summed E-state index contributed by atoms with van der Waals surface area (Å²) < 4.78 is 0. The van der Waals surface area contributed by atoms with Crippen molar-refractivity contribution in [2.45, 2.75) is 101 Å². The van der Waals surface area contributed by atoms with E-state index in [-0.39, 0.29) is 34.4 Å². The van der Waals surface area contributed by atoms with Gasteiger partial charge in [0.05, 0.1) is 22.9 Å². The lowest BCUT2D eigenvalue weighted by atomic mass is 9.64. The van der Waals surface area contributed by atoms with Crippen molar-refractivity contribution >= 4 is 12.4 Å². The minimum atomic E-state index is -0.836. The minimum absolute atomic E-state index is 0.127. The minimum Gasteiger partial charge on any atom is -0.507 e. The first-order valence-electron chi connectivity index (χ1n) is 25.0. The lowest BCUT2D eigenvalue weighted by Crippen LogP contribution is -2.32. The molecule has 2 N–H and O–H groups in total. The Morgan fingerprint density at radius 2 is 0.600 bits per heavy atom. The summed E-state index contributed by atoms with van der Waals surface area (Å²) in [6, 6.07) is 71.7. The Hall–Kier alpha value is -7.30. The van der Waals surface area contributed by atoms with Gasteiger partial charge in [-0.15, -0.1) is 0 Å². The molecule has 1 saturated carbocycles. The van der Waals surface area contributed by atoms with Crippen molar-refractivity contribution in [3.05, 3.63) is 273 Å². The fourth-order valence-corrected chi connectivity index (χ4v) is 10.8. The third-order valence-electron chi connectivity index (χ3n) is 14.6. The normalized spacial score (nSPS) is 15.9. The highest BCUT2D eigenvalue weighted by Gasteiger charge is 2.43. The predicted octanol–water partition coefficient (Wildman–Crippen LogP) is 15.3. The van der Waals surface area contributed by atoms with Crippen LogP contribution in [0.1, 0.15) is 134 Å². The SMILES string of the molecule is CC(C)(C)c1cc(/C=N/[C@@H]2CCCC[C@H]2/N=C/c2cc(C(C)(C)C)cc(C(c3ccccc3)(c3ccccc3)c3ccccc3)c2O)c(O)c(C(c2ccccc2)(c2ccccc2)c2ccccc2)c1. The van der Waals surface area contributed by atoms with Crippen LogP contribution >= 0.6 is 0 Å². The van der Waals surface area contributed by atoms with E-state index < -0.39 is 10.8 Å². The first-order valence-corrected chi connectivity index (χ1v) is 25.0. The van der Waals surface area contributed by atoms with Crippen molar-refractivity contribution in [1.29, 1.82) is 0 Å². The van der Waals surface area contributed by atoms with Gasteiger partial charge in [0, 0.05) is 34.7 Å². The zero-order chi connectivity index (χ0) is 48.9. The number of hydrogen-bond donors (Lipinski definition) is 2. The number of hydrogen-bond acceptors (Lipinski definition) is 4. The number of aliphatic imine (C=N–C) groups is 2. The van der Waals surface area contributed by atoms with Gasteiger partial charge >= 0.3 is 0 Å². The Labute approximate surface area is 416 Å². The van der Waals surface area contributed by atoms with Crippen LogP contribution in [0.25, 0.3) is 0 Å². The van der Waals surface area contributed by atoms with Crippen LogP contribution in [0.3, 0.4) is 0 Å². The fraction of sp³-hybridized carbons (Fsp3) is 0.242. The van der Waals surface area contributed by atoms with Gasteiger partial charge < -0.3 is 10.2 Å². The number of benzene rings is 8. The van der Waals surface area contributed by atoms with Crippen LogP contribution in [0.15, 0.2) is 216 Å². The Morgan fingerprint density at radius 1 is 0.357 bits per heavy atom. The van der Waals surface area contributed by atoms with E-state index in [4.69, 9.17) is 9.98 Å². The average Bonchev–Trinajstić information content (AvgIpc) is 3.38. The molecule has 0 unspecified atom stereocenters. The van der Waals surface area contributed by atoms with Gasteiger partial charge in [0.1, 0.15) is 11.5 Å². The monoisotopic (exact) mass is 919 g/mol. The molecule has 0 saturated heterocycles. The highest BCUT2D eigenvalue weighted by atomic mass is 16.3. The molecular weight excluding hydrogens is 853 g/mol. The summed E-state index contributed by atoms with van der Waals surface area (Å²) in [6.07, 6.45) is 7.62. The Bertz CT molecular complexity index is 2660. The zero-order valence-corrected chi connectivity index (χ0v) is 41.6. The lowest BCUT2D eigenvalue weighted by Gasteiger charge is -2.38. The van der Waals surface area contributed by atoms with E-state index in [1.54, 1.807) is 0 Å². The molecule has 70 heavy (non-hydrogen) atoms. The van der Waals surface area contributed by atoms with Crippen molar-refractivity contribution in [2.75, 3.05) is 0 Å². The highest BCUT2D eigenvalue weighted by Crippen LogP contribution is 2.52. The van der Waals surface area contributed by atoms with Crippen molar-refractivity contribution in [1.82, 2.24) is 0 Å². The molecule has 2 atom stereocenters. The van der Waals surface area contributed by atoms with E-state index in [2.05, 4.69) is 211 Å². The largest absolute Gasteiger partial charge is 0.507 e. The maximum Gasteiger partial charge on any atom is 0.129 e. The highest BCUT2D eigenvalue weighted by molar-refractivity contribution is 5.87. The van der Waals surface area contributed by atoms with Crippen LogP contribution in [0.4, 0.5) is 0 Å². The Kier molecular flexibility index (Phi) is 13.6. The van der Waals surface area contributed by atoms with E-state index in [1.165, 1.54) is 0 Å². The van der Waals surface area contributed by atoms with Crippen molar-refractivity contribution in [3.8, 4) is 11.5 Å². The van der Waals surface area contributed by atoms with E-state index >= 15 is 0 Å². The molecular formula is C66H66N2O2. The molecule has 0 amide bonds. The molecule has 4 nitrogen and oxygen atoms in total. The van der Waals surface area contributed by atoms with E-state index in [1.807, 2.05) is 48.8 Å². The van der Waals surface area contributed by atoms with Gasteiger partial charge in [-0.3, -0.25) is 9.98 Å². The van der Waals surface area contributed by atoms with E-state index in [0.29, 0.717) is 11.1 Å². The third kappa shape index (κ3) is 9.16. The summed E-state index contributed by atoms with van der Waals surface area (Å²) in [5, 5.41) is 25.7. The van der Waals surface area contributed by atoms with Crippen LogP contribution in [-0.4, -0.2) is 34.7 Å². The summed E-state index contributed by atoms with van der Waals surface area (Å²) in [5.41, 5.74) is 9.44. The smallest absolute Gasteiger partial charge is 0.129 e. The zero-order valence-electron chi connectivity index (χ0n) is 41.6. The molecule has 0 heterocycles. The summed E-state index contributed by atoms with van der Waals surface area (Å²) in [4.78, 5) is 10.7. The molecule has 1 aliphatic carbocycles.